The van der Waals surface area contributed by atoms with Crippen LogP contribution in [0, 0.1) is 0 Å². The normalized spacial score (nSPS) is 19.5. The number of nitrogens with zero attached hydrogens (tertiary/aromatic N) is 1. The Labute approximate surface area is 80.4 Å². The molecule has 0 saturated carbocycles. The second-order valence-corrected chi connectivity index (χ2v) is 5.47. The topological polar surface area (TPSA) is 49.4 Å². The summed E-state index contributed by atoms with van der Waals surface area (Å²) in [5.74, 6) is 0.286. The quantitative estimate of drug-likeness (QED) is 0.645. The van der Waals surface area contributed by atoms with Crippen molar-refractivity contribution in [3.8, 4) is 0 Å². The van der Waals surface area contributed by atoms with Crippen molar-refractivity contribution in [1.29, 1.82) is 0 Å². The molecule has 0 aromatic carbocycles. The molecule has 0 aromatic heterocycles. The fraction of sp³-hybridized carbons (Fsp3) is 1.00. The Bertz CT molecular complexity index is 233. The third-order valence-corrected chi connectivity index (χ3v) is 4.24. The highest BCUT2D eigenvalue weighted by atomic mass is 32.2. The van der Waals surface area contributed by atoms with Crippen LogP contribution < -0.4 is 5.32 Å². The van der Waals surface area contributed by atoms with E-state index in [1.54, 1.807) is 4.31 Å². The van der Waals surface area contributed by atoms with Gasteiger partial charge in [0, 0.05) is 13.1 Å². The molecule has 0 aliphatic carbocycles. The van der Waals surface area contributed by atoms with Crippen molar-refractivity contribution in [2.45, 2.75) is 19.3 Å². The van der Waals surface area contributed by atoms with Crippen LogP contribution in [0.2, 0.25) is 0 Å². The van der Waals surface area contributed by atoms with Crippen LogP contribution in [0.25, 0.3) is 0 Å². The molecule has 0 bridgehead atoms. The lowest BCUT2D eigenvalue weighted by atomic mass is 10.4. The minimum atomic E-state index is -2.94. The molecule has 1 aliphatic rings. The molecule has 1 saturated heterocycles. The summed E-state index contributed by atoms with van der Waals surface area (Å²) in [5, 5.41) is 2.95. The standard InChI is InChI=1S/C8H18N2O2S/c1-9-5-4-8-13(11,12)10-6-2-3-7-10/h9H,2-8H2,1H3. The van der Waals surface area contributed by atoms with Gasteiger partial charge in [-0.15, -0.1) is 0 Å². The van der Waals surface area contributed by atoms with E-state index in [0.717, 1.165) is 32.5 Å². The molecule has 1 N–H and O–H groups in total. The van der Waals surface area contributed by atoms with Gasteiger partial charge in [0.2, 0.25) is 10.0 Å². The van der Waals surface area contributed by atoms with Gasteiger partial charge in [-0.25, -0.2) is 12.7 Å². The molecule has 1 rings (SSSR count). The molecular weight excluding hydrogens is 188 g/mol. The van der Waals surface area contributed by atoms with Crippen LogP contribution >= 0.6 is 0 Å². The van der Waals surface area contributed by atoms with Gasteiger partial charge >= 0.3 is 0 Å². The second kappa shape index (κ2) is 4.93. The Hall–Kier alpha value is -0.130. The van der Waals surface area contributed by atoms with E-state index in [9.17, 15) is 8.42 Å². The lowest BCUT2D eigenvalue weighted by molar-refractivity contribution is 0.475. The van der Waals surface area contributed by atoms with E-state index >= 15 is 0 Å². The lowest BCUT2D eigenvalue weighted by Gasteiger charge is -2.14. The van der Waals surface area contributed by atoms with Crippen LogP contribution in [0.1, 0.15) is 19.3 Å². The van der Waals surface area contributed by atoms with Crippen molar-refractivity contribution in [3.63, 3.8) is 0 Å². The van der Waals surface area contributed by atoms with Crippen LogP contribution in [0.15, 0.2) is 0 Å². The zero-order valence-corrected chi connectivity index (χ0v) is 8.94. The second-order valence-electron chi connectivity index (χ2n) is 3.38. The first-order chi connectivity index (χ1) is 6.17. The van der Waals surface area contributed by atoms with Gasteiger partial charge < -0.3 is 5.32 Å². The summed E-state index contributed by atoms with van der Waals surface area (Å²) < 4.78 is 24.8. The van der Waals surface area contributed by atoms with Crippen LogP contribution in [0.3, 0.4) is 0 Å². The first-order valence-electron chi connectivity index (χ1n) is 4.79. The van der Waals surface area contributed by atoms with E-state index < -0.39 is 10.0 Å². The van der Waals surface area contributed by atoms with Gasteiger partial charge in [0.25, 0.3) is 0 Å². The fourth-order valence-corrected chi connectivity index (χ4v) is 3.11. The van der Waals surface area contributed by atoms with Gasteiger partial charge in [0.1, 0.15) is 0 Å². The molecule has 0 spiro atoms. The van der Waals surface area contributed by atoms with Gasteiger partial charge in [-0.1, -0.05) is 0 Å². The Morgan fingerprint density at radius 1 is 1.31 bits per heavy atom. The third kappa shape index (κ3) is 3.25. The van der Waals surface area contributed by atoms with Gasteiger partial charge in [-0.05, 0) is 32.9 Å². The Balaban J connectivity index is 2.36. The van der Waals surface area contributed by atoms with Gasteiger partial charge in [-0.2, -0.15) is 0 Å². The molecule has 0 unspecified atom stereocenters. The number of rotatable bonds is 5. The summed E-state index contributed by atoms with van der Waals surface area (Å²) in [6, 6.07) is 0. The van der Waals surface area contributed by atoms with Crippen molar-refractivity contribution < 1.29 is 8.42 Å². The largest absolute Gasteiger partial charge is 0.320 e. The maximum atomic E-state index is 11.6. The average molecular weight is 206 g/mol. The molecule has 5 heteroatoms. The highest BCUT2D eigenvalue weighted by Crippen LogP contribution is 2.13. The molecule has 0 amide bonds. The van der Waals surface area contributed by atoms with E-state index in [2.05, 4.69) is 5.32 Å². The van der Waals surface area contributed by atoms with Crippen LogP contribution in [0.5, 0.6) is 0 Å². The number of nitrogens with one attached hydrogen (secondary N) is 1. The van der Waals surface area contributed by atoms with Gasteiger partial charge in [0.15, 0.2) is 0 Å². The highest BCUT2D eigenvalue weighted by molar-refractivity contribution is 7.89. The van der Waals surface area contributed by atoms with Crippen LogP contribution in [-0.4, -0.2) is 45.2 Å². The maximum Gasteiger partial charge on any atom is 0.214 e. The molecule has 1 heterocycles. The molecule has 13 heavy (non-hydrogen) atoms. The zero-order valence-electron chi connectivity index (χ0n) is 8.12. The minimum absolute atomic E-state index is 0.286. The smallest absolute Gasteiger partial charge is 0.214 e. The summed E-state index contributed by atoms with van der Waals surface area (Å²) in [6.45, 7) is 2.22. The molecule has 0 atom stereocenters. The summed E-state index contributed by atoms with van der Waals surface area (Å²) in [5.41, 5.74) is 0. The number of sulfonamides is 1. The lowest BCUT2D eigenvalue weighted by Crippen LogP contribution is -2.31. The summed E-state index contributed by atoms with van der Waals surface area (Å²) in [6.07, 6.45) is 2.74. The Kier molecular flexibility index (Phi) is 4.15. The van der Waals surface area contributed by atoms with Gasteiger partial charge in [0.05, 0.1) is 5.75 Å². The molecule has 1 fully saturated rings. The first-order valence-corrected chi connectivity index (χ1v) is 6.40. The van der Waals surface area contributed by atoms with Crippen molar-refractivity contribution in [1.82, 2.24) is 9.62 Å². The average Bonchev–Trinajstić information content (AvgIpc) is 2.56. The predicted molar refractivity (Wildman–Crippen MR) is 53.1 cm³/mol. The Morgan fingerprint density at radius 3 is 2.46 bits per heavy atom. The van der Waals surface area contributed by atoms with E-state index in [4.69, 9.17) is 0 Å². The van der Waals surface area contributed by atoms with E-state index in [1.165, 1.54) is 0 Å². The zero-order chi connectivity index (χ0) is 9.73. The molecule has 0 radical (unpaired) electrons. The third-order valence-electron chi connectivity index (χ3n) is 2.29. The van der Waals surface area contributed by atoms with Crippen molar-refractivity contribution in [3.05, 3.63) is 0 Å². The maximum absolute atomic E-state index is 11.6. The molecule has 0 aromatic rings. The van der Waals surface area contributed by atoms with Crippen LogP contribution in [0.4, 0.5) is 0 Å². The van der Waals surface area contributed by atoms with Crippen LogP contribution in [-0.2, 0) is 10.0 Å². The number of hydrogen-bond donors (Lipinski definition) is 1. The summed E-state index contributed by atoms with van der Waals surface area (Å²) in [7, 11) is -1.10. The Morgan fingerprint density at radius 2 is 1.92 bits per heavy atom. The first kappa shape index (κ1) is 10.9. The van der Waals surface area contributed by atoms with Crippen molar-refractivity contribution in [2.24, 2.45) is 0 Å². The molecular formula is C8H18N2O2S. The predicted octanol–water partition coefficient (Wildman–Crippen LogP) is 0.0215. The molecule has 1 aliphatic heterocycles. The summed E-state index contributed by atoms with van der Waals surface area (Å²) in [4.78, 5) is 0. The van der Waals surface area contributed by atoms with Crippen molar-refractivity contribution in [2.75, 3.05) is 32.4 Å². The molecule has 78 valence electrons. The fourth-order valence-electron chi connectivity index (χ4n) is 1.53. The summed E-state index contributed by atoms with van der Waals surface area (Å²) >= 11 is 0. The van der Waals surface area contributed by atoms with Crippen molar-refractivity contribution >= 4 is 10.0 Å². The SMILES string of the molecule is CNCCCS(=O)(=O)N1CCCC1. The monoisotopic (exact) mass is 206 g/mol. The highest BCUT2D eigenvalue weighted by Gasteiger charge is 2.24. The molecule has 4 nitrogen and oxygen atoms in total. The van der Waals surface area contributed by atoms with E-state index in [-0.39, 0.29) is 5.75 Å². The van der Waals surface area contributed by atoms with Gasteiger partial charge in [-0.3, -0.25) is 0 Å². The number of hydrogen-bond acceptors (Lipinski definition) is 3. The van der Waals surface area contributed by atoms with E-state index in [1.807, 2.05) is 7.05 Å². The van der Waals surface area contributed by atoms with E-state index in [0.29, 0.717) is 6.42 Å². The minimum Gasteiger partial charge on any atom is -0.320 e.